The summed E-state index contributed by atoms with van der Waals surface area (Å²) in [6.07, 6.45) is -11.1. The summed E-state index contributed by atoms with van der Waals surface area (Å²) in [5, 5.41) is 8.08. The fourth-order valence-corrected chi connectivity index (χ4v) is 3.96. The van der Waals surface area contributed by atoms with E-state index in [1.807, 2.05) is 0 Å². The predicted molar refractivity (Wildman–Crippen MR) is 116 cm³/mol. The second-order valence-corrected chi connectivity index (χ2v) is 9.64. The molecule has 0 aromatic rings. The third-order valence-electron chi connectivity index (χ3n) is 3.63. The highest BCUT2D eigenvalue weighted by Gasteiger charge is 2.41. The molecule has 0 aliphatic rings. The van der Waals surface area contributed by atoms with Crippen molar-refractivity contribution < 1.29 is 45.5 Å². The molecular formula is C17H27F6N5O4S2. The molecule has 9 nitrogen and oxygen atoms in total. The number of hydrogen-bond donors (Lipinski definition) is 4. The second kappa shape index (κ2) is 15.9. The van der Waals surface area contributed by atoms with Crippen LogP contribution in [0.15, 0.2) is 0 Å². The predicted octanol–water partition coefficient (Wildman–Crippen LogP) is 0.668. The van der Waals surface area contributed by atoms with Gasteiger partial charge in [-0.25, -0.2) is 0 Å². The number of amides is 4. The Bertz CT molecular complexity index is 680. The Morgan fingerprint density at radius 1 is 0.794 bits per heavy atom. The number of rotatable bonds is 15. The van der Waals surface area contributed by atoms with Crippen LogP contribution in [0.5, 0.6) is 0 Å². The quantitative estimate of drug-likeness (QED) is 0.136. The molecule has 0 saturated carbocycles. The van der Waals surface area contributed by atoms with Crippen LogP contribution in [0, 0.1) is 0 Å². The van der Waals surface area contributed by atoms with Crippen molar-refractivity contribution in [1.82, 2.24) is 26.2 Å². The maximum absolute atomic E-state index is 12.5. The van der Waals surface area contributed by atoms with Crippen molar-refractivity contribution in [1.29, 1.82) is 0 Å². The molecule has 4 N–H and O–H groups in total. The Kier molecular flexibility index (Phi) is 15.0. The van der Waals surface area contributed by atoms with E-state index >= 15 is 0 Å². The van der Waals surface area contributed by atoms with Gasteiger partial charge in [0.2, 0.25) is 11.8 Å². The molecule has 0 radical (unpaired) electrons. The minimum Gasteiger partial charge on any atom is -0.354 e. The van der Waals surface area contributed by atoms with Gasteiger partial charge in [0.25, 0.3) is 0 Å². The van der Waals surface area contributed by atoms with Crippen LogP contribution in [0.3, 0.4) is 0 Å². The molecule has 198 valence electrons. The van der Waals surface area contributed by atoms with Gasteiger partial charge in [-0.1, -0.05) is 21.6 Å². The average molecular weight is 544 g/mol. The lowest BCUT2D eigenvalue weighted by Crippen LogP contribution is -2.51. The molecule has 1 unspecified atom stereocenters. The highest BCUT2D eigenvalue weighted by atomic mass is 33.1. The molecule has 0 saturated heterocycles. The first-order valence-corrected chi connectivity index (χ1v) is 12.3. The van der Waals surface area contributed by atoms with Crippen molar-refractivity contribution >= 4 is 45.2 Å². The largest absolute Gasteiger partial charge is 0.471 e. The fraction of sp³-hybridized carbons (Fsp3) is 0.765. The average Bonchev–Trinajstić information content (AvgIpc) is 2.69. The topological polar surface area (TPSA) is 120 Å². The van der Waals surface area contributed by atoms with E-state index < -0.39 is 49.1 Å². The van der Waals surface area contributed by atoms with Crippen molar-refractivity contribution in [3.63, 3.8) is 0 Å². The van der Waals surface area contributed by atoms with E-state index in [1.54, 1.807) is 19.0 Å². The minimum absolute atomic E-state index is 0.0483. The summed E-state index contributed by atoms with van der Waals surface area (Å²) in [7, 11) is 6.24. The van der Waals surface area contributed by atoms with Crippen molar-refractivity contribution in [2.24, 2.45) is 0 Å². The zero-order valence-corrected chi connectivity index (χ0v) is 20.0. The van der Waals surface area contributed by atoms with E-state index in [0.29, 0.717) is 18.1 Å². The van der Waals surface area contributed by atoms with Gasteiger partial charge in [0.15, 0.2) is 0 Å². The van der Waals surface area contributed by atoms with Crippen LogP contribution in [0.4, 0.5) is 26.3 Å². The zero-order valence-electron chi connectivity index (χ0n) is 18.4. The summed E-state index contributed by atoms with van der Waals surface area (Å²) in [5.74, 6) is -4.73. The normalized spacial score (nSPS) is 12.7. The van der Waals surface area contributed by atoms with Crippen LogP contribution in [0.25, 0.3) is 0 Å². The van der Waals surface area contributed by atoms with Gasteiger partial charge in [-0.2, -0.15) is 26.3 Å². The first-order valence-electron chi connectivity index (χ1n) is 9.80. The first kappa shape index (κ1) is 32.1. The van der Waals surface area contributed by atoms with E-state index in [0.717, 1.165) is 0 Å². The smallest absolute Gasteiger partial charge is 0.354 e. The summed E-state index contributed by atoms with van der Waals surface area (Å²) in [6.45, 7) is 0.173. The van der Waals surface area contributed by atoms with Gasteiger partial charge in [0, 0.05) is 31.1 Å². The lowest BCUT2D eigenvalue weighted by Gasteiger charge is -2.19. The van der Waals surface area contributed by atoms with Crippen molar-refractivity contribution in [2.45, 2.75) is 31.2 Å². The van der Waals surface area contributed by atoms with Gasteiger partial charge >= 0.3 is 24.2 Å². The summed E-state index contributed by atoms with van der Waals surface area (Å²) in [6, 6.07) is -1.65. The van der Waals surface area contributed by atoms with E-state index in [4.69, 9.17) is 0 Å². The molecule has 0 rings (SSSR count). The van der Waals surface area contributed by atoms with Crippen LogP contribution in [-0.4, -0.2) is 98.7 Å². The lowest BCUT2D eigenvalue weighted by atomic mass is 10.1. The summed E-state index contributed by atoms with van der Waals surface area (Å²) in [5.41, 5.74) is 0. The highest BCUT2D eigenvalue weighted by Crippen LogP contribution is 2.19. The molecule has 0 fully saturated rings. The molecule has 0 spiro atoms. The molecule has 17 heteroatoms. The van der Waals surface area contributed by atoms with Crippen molar-refractivity contribution in [2.75, 3.05) is 51.8 Å². The monoisotopic (exact) mass is 543 g/mol. The first-order chi connectivity index (χ1) is 15.6. The number of halogens is 6. The van der Waals surface area contributed by atoms with Crippen LogP contribution in [0.2, 0.25) is 0 Å². The molecule has 0 aliphatic carbocycles. The summed E-state index contributed by atoms with van der Waals surface area (Å²) >= 11 is 0. The van der Waals surface area contributed by atoms with Gasteiger partial charge < -0.3 is 26.2 Å². The Hall–Kier alpha value is -1.88. The molecule has 0 aromatic heterocycles. The number of carbonyl (C=O) groups is 4. The van der Waals surface area contributed by atoms with Crippen molar-refractivity contribution in [3.8, 4) is 0 Å². The maximum atomic E-state index is 12.5. The van der Waals surface area contributed by atoms with E-state index in [2.05, 4.69) is 10.6 Å². The minimum atomic E-state index is -5.25. The Morgan fingerprint density at radius 2 is 1.32 bits per heavy atom. The van der Waals surface area contributed by atoms with Gasteiger partial charge in [-0.05, 0) is 26.9 Å². The fourth-order valence-electron chi connectivity index (χ4n) is 2.15. The Labute approximate surface area is 200 Å². The van der Waals surface area contributed by atoms with Gasteiger partial charge in [-0.3, -0.25) is 19.2 Å². The molecule has 0 aromatic carbocycles. The standard InChI is InChI=1S/C17H27F6N5O4S2/c1-28(2)10-12(29)24-6-8-33-34-9-7-25-13(30)11(27-15(32)17(21,22)23)4-3-5-26-14(31)16(18,19)20/h11H,3-10H2,1-2H3,(H,24,29)(H,25,30)(H,26,31)(H,27,32). The molecule has 34 heavy (non-hydrogen) atoms. The summed E-state index contributed by atoms with van der Waals surface area (Å²) < 4.78 is 73.9. The Balaban J connectivity index is 4.37. The van der Waals surface area contributed by atoms with Crippen molar-refractivity contribution in [3.05, 3.63) is 0 Å². The lowest BCUT2D eigenvalue weighted by molar-refractivity contribution is -0.174. The Morgan fingerprint density at radius 3 is 1.82 bits per heavy atom. The zero-order chi connectivity index (χ0) is 26.4. The van der Waals surface area contributed by atoms with Gasteiger partial charge in [-0.15, -0.1) is 0 Å². The molecular weight excluding hydrogens is 516 g/mol. The molecule has 1 atom stereocenters. The summed E-state index contributed by atoms with van der Waals surface area (Å²) in [4.78, 5) is 47.2. The maximum Gasteiger partial charge on any atom is 0.471 e. The molecule has 0 heterocycles. The highest BCUT2D eigenvalue weighted by molar-refractivity contribution is 8.76. The number of nitrogens with one attached hydrogen (secondary N) is 4. The van der Waals surface area contributed by atoms with Crippen LogP contribution >= 0.6 is 21.6 Å². The van der Waals surface area contributed by atoms with Gasteiger partial charge in [0.1, 0.15) is 6.04 Å². The number of alkyl halides is 6. The number of carbonyl (C=O) groups excluding carboxylic acids is 4. The molecule has 0 aliphatic heterocycles. The SMILES string of the molecule is CN(C)CC(=O)NCCSSCCNC(=O)C(CCCNC(=O)C(F)(F)F)NC(=O)C(F)(F)F. The van der Waals surface area contributed by atoms with E-state index in [1.165, 1.54) is 32.2 Å². The third-order valence-corrected chi connectivity index (χ3v) is 6.04. The van der Waals surface area contributed by atoms with Crippen LogP contribution in [0.1, 0.15) is 12.8 Å². The second-order valence-electron chi connectivity index (χ2n) is 6.94. The molecule has 4 amide bonds. The van der Waals surface area contributed by atoms with E-state index in [9.17, 15) is 45.5 Å². The van der Waals surface area contributed by atoms with Gasteiger partial charge in [0.05, 0.1) is 6.54 Å². The van der Waals surface area contributed by atoms with E-state index in [-0.39, 0.29) is 25.4 Å². The van der Waals surface area contributed by atoms with Crippen LogP contribution in [-0.2, 0) is 19.2 Å². The number of nitrogens with zero attached hydrogens (tertiary/aromatic N) is 1. The van der Waals surface area contributed by atoms with Crippen LogP contribution < -0.4 is 21.3 Å². The number of likely N-dealkylation sites (N-methyl/N-ethyl adjacent to an activating group) is 1. The molecule has 0 bridgehead atoms. The number of hydrogen-bond acceptors (Lipinski definition) is 7. The third kappa shape index (κ3) is 15.9.